The third-order valence-electron chi connectivity index (χ3n) is 4.49. The molecule has 2 aromatic carbocycles. The highest BCUT2D eigenvalue weighted by atomic mass is 16.6. The Morgan fingerprint density at radius 1 is 1.09 bits per heavy atom. The summed E-state index contributed by atoms with van der Waals surface area (Å²) in [4.78, 5) is 0. The second-order valence-electron chi connectivity index (χ2n) is 5.92. The molecule has 2 aliphatic heterocycles. The molecule has 0 bridgehead atoms. The van der Waals surface area contributed by atoms with Gasteiger partial charge in [0.05, 0.1) is 31.7 Å². The van der Waals surface area contributed by atoms with Crippen LogP contribution >= 0.6 is 0 Å². The van der Waals surface area contributed by atoms with Gasteiger partial charge in [0.2, 0.25) is 0 Å². The van der Waals surface area contributed by atoms with Crippen LogP contribution < -0.4 is 5.32 Å². The van der Waals surface area contributed by atoms with Crippen LogP contribution in [0.3, 0.4) is 0 Å². The summed E-state index contributed by atoms with van der Waals surface area (Å²) in [5, 5.41) is 12.5. The van der Waals surface area contributed by atoms with E-state index in [1.54, 1.807) is 0 Å². The Morgan fingerprint density at radius 3 is 2.74 bits per heavy atom. The van der Waals surface area contributed by atoms with E-state index in [9.17, 15) is 0 Å². The fourth-order valence-electron chi connectivity index (χ4n) is 3.44. The monoisotopic (exact) mass is 306 g/mol. The summed E-state index contributed by atoms with van der Waals surface area (Å²) >= 11 is 0. The van der Waals surface area contributed by atoms with Crippen molar-refractivity contribution in [3.8, 4) is 6.07 Å². The van der Waals surface area contributed by atoms with Crippen LogP contribution in [0, 0.1) is 11.3 Å². The van der Waals surface area contributed by atoms with Crippen LogP contribution in [0.2, 0.25) is 0 Å². The van der Waals surface area contributed by atoms with Crippen molar-refractivity contribution in [3.63, 3.8) is 0 Å². The molecule has 0 aliphatic carbocycles. The second kappa shape index (κ2) is 6.04. The van der Waals surface area contributed by atoms with Crippen LogP contribution in [0.5, 0.6) is 0 Å². The highest BCUT2D eigenvalue weighted by Crippen LogP contribution is 2.44. The van der Waals surface area contributed by atoms with Gasteiger partial charge in [-0.2, -0.15) is 5.26 Å². The summed E-state index contributed by atoms with van der Waals surface area (Å²) in [6.07, 6.45) is 0.257. The summed E-state index contributed by atoms with van der Waals surface area (Å²) in [6, 6.07) is 18.7. The van der Waals surface area contributed by atoms with Crippen LogP contribution in [0.25, 0.3) is 0 Å². The minimum atomic E-state index is -0.0937. The van der Waals surface area contributed by atoms with E-state index in [2.05, 4.69) is 29.6 Å². The fraction of sp³-hybridized carbons (Fsp3) is 0.316. The Hall–Kier alpha value is -2.35. The molecule has 2 aromatic rings. The van der Waals surface area contributed by atoms with Crippen LogP contribution in [0.4, 0.5) is 5.69 Å². The van der Waals surface area contributed by atoms with E-state index in [1.165, 1.54) is 5.56 Å². The molecule has 0 amide bonds. The molecule has 0 aromatic heterocycles. The first-order valence-electron chi connectivity index (χ1n) is 7.91. The maximum atomic E-state index is 8.93. The van der Waals surface area contributed by atoms with Gasteiger partial charge in [0, 0.05) is 11.3 Å². The van der Waals surface area contributed by atoms with Crippen LogP contribution in [-0.2, 0) is 15.9 Å². The molecule has 4 heteroatoms. The number of nitrogens with one attached hydrogen (secondary N) is 1. The van der Waals surface area contributed by atoms with Gasteiger partial charge in [-0.05, 0) is 23.3 Å². The molecular weight excluding hydrogens is 288 g/mol. The molecule has 0 spiro atoms. The molecule has 1 N–H and O–H groups in total. The van der Waals surface area contributed by atoms with Crippen molar-refractivity contribution in [1.29, 1.82) is 5.26 Å². The van der Waals surface area contributed by atoms with Crippen LogP contribution in [-0.4, -0.2) is 19.3 Å². The third-order valence-corrected chi connectivity index (χ3v) is 4.49. The molecule has 2 aliphatic rings. The van der Waals surface area contributed by atoms with Crippen molar-refractivity contribution in [1.82, 2.24) is 0 Å². The van der Waals surface area contributed by atoms with Gasteiger partial charge in [0.25, 0.3) is 0 Å². The summed E-state index contributed by atoms with van der Waals surface area (Å²) in [5.41, 5.74) is 4.36. The molecule has 0 radical (unpaired) electrons. The number of nitriles is 1. The van der Waals surface area contributed by atoms with Gasteiger partial charge in [-0.15, -0.1) is 0 Å². The quantitative estimate of drug-likeness (QED) is 0.924. The first kappa shape index (κ1) is 14.3. The van der Waals surface area contributed by atoms with E-state index in [1.807, 2.05) is 30.3 Å². The van der Waals surface area contributed by atoms with Crippen molar-refractivity contribution in [2.24, 2.45) is 0 Å². The third kappa shape index (κ3) is 2.59. The molecule has 23 heavy (non-hydrogen) atoms. The number of hydrogen-bond donors (Lipinski definition) is 1. The average Bonchev–Trinajstić information content (AvgIpc) is 2.62. The Morgan fingerprint density at radius 2 is 1.91 bits per heavy atom. The molecule has 4 nitrogen and oxygen atoms in total. The first-order chi connectivity index (χ1) is 11.4. The zero-order valence-corrected chi connectivity index (χ0v) is 12.7. The van der Waals surface area contributed by atoms with Gasteiger partial charge in [0.1, 0.15) is 12.2 Å². The van der Waals surface area contributed by atoms with Crippen molar-refractivity contribution in [2.75, 3.05) is 18.5 Å². The highest BCUT2D eigenvalue weighted by molar-refractivity contribution is 5.59. The molecular formula is C19H18N2O2. The smallest absolute Gasteiger partial charge is 0.113 e. The summed E-state index contributed by atoms with van der Waals surface area (Å²) < 4.78 is 12.1. The Balaban J connectivity index is 1.75. The van der Waals surface area contributed by atoms with Gasteiger partial charge < -0.3 is 14.8 Å². The lowest BCUT2D eigenvalue weighted by Gasteiger charge is -2.43. The van der Waals surface area contributed by atoms with E-state index < -0.39 is 0 Å². The highest BCUT2D eigenvalue weighted by Gasteiger charge is 2.40. The first-order valence-corrected chi connectivity index (χ1v) is 7.91. The lowest BCUT2D eigenvalue weighted by molar-refractivity contribution is -0.151. The number of ether oxygens (including phenoxy) is 2. The summed E-state index contributed by atoms with van der Waals surface area (Å²) in [7, 11) is 0. The van der Waals surface area contributed by atoms with E-state index in [0.29, 0.717) is 19.6 Å². The SMILES string of the molecule is N#CCc1ccc2c(c1)C1OCCOC1C(c1ccccc1)N2. The van der Waals surface area contributed by atoms with Gasteiger partial charge >= 0.3 is 0 Å². The van der Waals surface area contributed by atoms with Gasteiger partial charge in [-0.1, -0.05) is 36.4 Å². The summed E-state index contributed by atoms with van der Waals surface area (Å²) in [6.45, 7) is 1.21. The van der Waals surface area contributed by atoms with E-state index in [-0.39, 0.29) is 18.2 Å². The number of anilines is 1. The minimum Gasteiger partial charge on any atom is -0.375 e. The molecule has 0 saturated carbocycles. The maximum absolute atomic E-state index is 8.93. The molecule has 2 heterocycles. The lowest BCUT2D eigenvalue weighted by Crippen LogP contribution is -2.43. The fourth-order valence-corrected chi connectivity index (χ4v) is 3.44. The molecule has 116 valence electrons. The van der Waals surface area contributed by atoms with E-state index in [0.717, 1.165) is 16.8 Å². The van der Waals surface area contributed by atoms with Crippen molar-refractivity contribution >= 4 is 5.69 Å². The van der Waals surface area contributed by atoms with Gasteiger partial charge in [-0.25, -0.2) is 0 Å². The Kier molecular flexibility index (Phi) is 3.74. The molecule has 3 unspecified atom stereocenters. The Labute approximate surface area is 135 Å². The van der Waals surface area contributed by atoms with Crippen molar-refractivity contribution in [3.05, 3.63) is 65.2 Å². The lowest BCUT2D eigenvalue weighted by atomic mass is 9.87. The number of fused-ring (bicyclic) bond motifs is 3. The van der Waals surface area contributed by atoms with Gasteiger partial charge in [-0.3, -0.25) is 0 Å². The van der Waals surface area contributed by atoms with Crippen molar-refractivity contribution < 1.29 is 9.47 Å². The molecule has 1 saturated heterocycles. The molecule has 4 rings (SSSR count). The second-order valence-corrected chi connectivity index (χ2v) is 5.92. The average molecular weight is 306 g/mol. The minimum absolute atomic E-state index is 0.0593. The van der Waals surface area contributed by atoms with Crippen LogP contribution in [0.15, 0.2) is 48.5 Å². The number of rotatable bonds is 2. The largest absolute Gasteiger partial charge is 0.375 e. The Bertz CT molecular complexity index is 739. The van der Waals surface area contributed by atoms with Gasteiger partial charge in [0.15, 0.2) is 0 Å². The maximum Gasteiger partial charge on any atom is 0.113 e. The van der Waals surface area contributed by atoms with E-state index in [4.69, 9.17) is 14.7 Å². The number of hydrogen-bond acceptors (Lipinski definition) is 4. The zero-order chi connectivity index (χ0) is 15.6. The molecule has 1 fully saturated rings. The normalized spacial score (nSPS) is 25.6. The summed E-state index contributed by atoms with van der Waals surface area (Å²) in [5.74, 6) is 0. The molecule has 3 atom stereocenters. The predicted molar refractivity (Wildman–Crippen MR) is 87.0 cm³/mol. The standard InChI is InChI=1S/C19H18N2O2/c20-9-8-13-6-7-16-15(12-13)18-19(23-11-10-22-18)17(21-16)14-4-2-1-3-5-14/h1-7,12,17-19,21H,8,10-11H2. The van der Waals surface area contributed by atoms with E-state index >= 15 is 0 Å². The predicted octanol–water partition coefficient (Wildman–Crippen LogP) is 3.38. The number of benzene rings is 2. The van der Waals surface area contributed by atoms with Crippen molar-refractivity contribution in [2.45, 2.75) is 24.7 Å². The topological polar surface area (TPSA) is 54.3 Å². The van der Waals surface area contributed by atoms with Crippen LogP contribution in [0.1, 0.15) is 28.8 Å². The number of nitrogens with zero attached hydrogens (tertiary/aromatic N) is 1. The zero-order valence-electron chi connectivity index (χ0n) is 12.7.